The number of benzene rings is 1. The lowest BCUT2D eigenvalue weighted by Crippen LogP contribution is -2.46. The summed E-state index contributed by atoms with van der Waals surface area (Å²) in [5.41, 5.74) is 0.498. The first kappa shape index (κ1) is 17.0. The largest absolute Gasteiger partial charge is 0.353 e. The van der Waals surface area contributed by atoms with Crippen LogP contribution in [0.3, 0.4) is 0 Å². The standard InChI is InChI=1S/C14H18ClN3O3/c1-9(18-10(2)19)13(20)16-7-8-17-14(21)11-3-5-12(15)6-4-11/h3-6,9H,7-8H2,1-2H3,(H,16,20)(H,17,21)(H,18,19)/t9-/m1/s1. The van der Waals surface area contributed by atoms with Gasteiger partial charge >= 0.3 is 0 Å². The summed E-state index contributed by atoms with van der Waals surface area (Å²) in [5, 5.41) is 8.32. The highest BCUT2D eigenvalue weighted by Crippen LogP contribution is 2.08. The maximum absolute atomic E-state index is 11.8. The Hall–Kier alpha value is -2.08. The van der Waals surface area contributed by atoms with Crippen LogP contribution in [0.5, 0.6) is 0 Å². The van der Waals surface area contributed by atoms with E-state index in [2.05, 4.69) is 16.0 Å². The molecule has 6 nitrogen and oxygen atoms in total. The molecule has 0 fully saturated rings. The monoisotopic (exact) mass is 311 g/mol. The van der Waals surface area contributed by atoms with Gasteiger partial charge in [0.05, 0.1) is 0 Å². The molecule has 3 N–H and O–H groups in total. The summed E-state index contributed by atoms with van der Waals surface area (Å²) in [6.07, 6.45) is 0. The molecule has 1 aromatic rings. The molecule has 0 spiro atoms. The summed E-state index contributed by atoms with van der Waals surface area (Å²) in [6.45, 7) is 3.50. The average Bonchev–Trinajstić information content (AvgIpc) is 2.43. The zero-order valence-electron chi connectivity index (χ0n) is 11.9. The van der Waals surface area contributed by atoms with Crippen molar-refractivity contribution in [2.75, 3.05) is 13.1 Å². The third kappa shape index (κ3) is 6.27. The fraction of sp³-hybridized carbons (Fsp3) is 0.357. The maximum Gasteiger partial charge on any atom is 0.251 e. The van der Waals surface area contributed by atoms with Gasteiger partial charge in [0.15, 0.2) is 0 Å². The summed E-state index contributed by atoms with van der Waals surface area (Å²) in [6, 6.07) is 5.90. The van der Waals surface area contributed by atoms with E-state index in [1.54, 1.807) is 31.2 Å². The van der Waals surface area contributed by atoms with Crippen molar-refractivity contribution < 1.29 is 14.4 Å². The number of hydrogen-bond acceptors (Lipinski definition) is 3. The highest BCUT2D eigenvalue weighted by Gasteiger charge is 2.12. The van der Waals surface area contributed by atoms with Crippen LogP contribution in [0.2, 0.25) is 5.02 Å². The minimum atomic E-state index is -0.602. The molecule has 0 unspecified atom stereocenters. The summed E-state index contributed by atoms with van der Waals surface area (Å²) in [5.74, 6) is -0.810. The Morgan fingerprint density at radius 2 is 1.67 bits per heavy atom. The molecule has 0 saturated carbocycles. The summed E-state index contributed by atoms with van der Waals surface area (Å²) >= 11 is 5.73. The second-order valence-electron chi connectivity index (χ2n) is 4.48. The zero-order chi connectivity index (χ0) is 15.8. The molecule has 1 atom stereocenters. The molecular formula is C14H18ClN3O3. The molecular weight excluding hydrogens is 294 g/mol. The van der Waals surface area contributed by atoms with Gasteiger partial charge in [0.25, 0.3) is 5.91 Å². The molecule has 0 aliphatic rings. The van der Waals surface area contributed by atoms with Crippen molar-refractivity contribution in [1.29, 1.82) is 0 Å². The van der Waals surface area contributed by atoms with E-state index in [4.69, 9.17) is 11.6 Å². The van der Waals surface area contributed by atoms with Gasteiger partial charge in [-0.1, -0.05) is 11.6 Å². The molecule has 21 heavy (non-hydrogen) atoms. The van der Waals surface area contributed by atoms with E-state index in [0.29, 0.717) is 17.1 Å². The molecule has 3 amide bonds. The SMILES string of the molecule is CC(=O)N[C@H](C)C(=O)NCCNC(=O)c1ccc(Cl)cc1. The Balaban J connectivity index is 2.27. The molecule has 0 heterocycles. The van der Waals surface area contributed by atoms with Gasteiger partial charge in [-0.25, -0.2) is 0 Å². The molecule has 0 aliphatic carbocycles. The second kappa shape index (κ2) is 8.26. The van der Waals surface area contributed by atoms with Crippen molar-refractivity contribution in [2.24, 2.45) is 0 Å². The maximum atomic E-state index is 11.8. The highest BCUT2D eigenvalue weighted by atomic mass is 35.5. The van der Waals surface area contributed by atoms with Crippen LogP contribution < -0.4 is 16.0 Å². The van der Waals surface area contributed by atoms with E-state index >= 15 is 0 Å². The lowest BCUT2D eigenvalue weighted by molar-refractivity contribution is -0.127. The predicted octanol–water partition coefficient (Wildman–Crippen LogP) is 0.711. The van der Waals surface area contributed by atoms with Crippen LogP contribution >= 0.6 is 11.6 Å². The van der Waals surface area contributed by atoms with Crippen molar-refractivity contribution >= 4 is 29.3 Å². The van der Waals surface area contributed by atoms with Gasteiger partial charge in [-0.05, 0) is 31.2 Å². The zero-order valence-corrected chi connectivity index (χ0v) is 12.7. The summed E-state index contributed by atoms with van der Waals surface area (Å²) in [4.78, 5) is 34.1. The number of nitrogens with one attached hydrogen (secondary N) is 3. The second-order valence-corrected chi connectivity index (χ2v) is 4.91. The smallest absolute Gasteiger partial charge is 0.251 e. The molecule has 7 heteroatoms. The van der Waals surface area contributed by atoms with Crippen molar-refractivity contribution in [3.8, 4) is 0 Å². The van der Waals surface area contributed by atoms with Crippen LogP contribution in [0.15, 0.2) is 24.3 Å². The molecule has 0 aromatic heterocycles. The molecule has 1 aromatic carbocycles. The third-order valence-corrected chi connectivity index (χ3v) is 2.88. The number of amides is 3. The lowest BCUT2D eigenvalue weighted by Gasteiger charge is -2.13. The summed E-state index contributed by atoms with van der Waals surface area (Å²) in [7, 11) is 0. The molecule has 0 radical (unpaired) electrons. The van der Waals surface area contributed by atoms with Crippen LogP contribution in [0, 0.1) is 0 Å². The normalized spacial score (nSPS) is 11.4. The van der Waals surface area contributed by atoms with Crippen molar-refractivity contribution in [3.63, 3.8) is 0 Å². The third-order valence-electron chi connectivity index (χ3n) is 2.63. The first-order valence-electron chi connectivity index (χ1n) is 6.48. The number of carbonyl (C=O) groups excluding carboxylic acids is 3. The van der Waals surface area contributed by atoms with Crippen LogP contribution in [-0.4, -0.2) is 36.9 Å². The van der Waals surface area contributed by atoms with E-state index in [1.807, 2.05) is 0 Å². The van der Waals surface area contributed by atoms with Gasteiger partial charge < -0.3 is 16.0 Å². The minimum Gasteiger partial charge on any atom is -0.353 e. The van der Waals surface area contributed by atoms with Gasteiger partial charge in [0, 0.05) is 30.6 Å². The number of rotatable bonds is 6. The highest BCUT2D eigenvalue weighted by molar-refractivity contribution is 6.30. The number of hydrogen-bond donors (Lipinski definition) is 3. The van der Waals surface area contributed by atoms with E-state index < -0.39 is 6.04 Å². The molecule has 1 rings (SSSR count). The van der Waals surface area contributed by atoms with Crippen molar-refractivity contribution in [1.82, 2.24) is 16.0 Å². The van der Waals surface area contributed by atoms with Crippen LogP contribution in [0.1, 0.15) is 24.2 Å². The van der Waals surface area contributed by atoms with Gasteiger partial charge in [0.2, 0.25) is 11.8 Å². The lowest BCUT2D eigenvalue weighted by atomic mass is 10.2. The van der Waals surface area contributed by atoms with Crippen molar-refractivity contribution in [2.45, 2.75) is 19.9 Å². The molecule has 0 bridgehead atoms. The van der Waals surface area contributed by atoms with Crippen LogP contribution in [0.4, 0.5) is 0 Å². The average molecular weight is 312 g/mol. The Morgan fingerprint density at radius 3 is 2.24 bits per heavy atom. The Labute approximate surface area is 128 Å². The van der Waals surface area contributed by atoms with Crippen LogP contribution in [0.25, 0.3) is 0 Å². The topological polar surface area (TPSA) is 87.3 Å². The summed E-state index contributed by atoms with van der Waals surface area (Å²) < 4.78 is 0. The fourth-order valence-electron chi connectivity index (χ4n) is 1.59. The fourth-order valence-corrected chi connectivity index (χ4v) is 1.71. The van der Waals surface area contributed by atoms with E-state index in [0.717, 1.165) is 0 Å². The Morgan fingerprint density at radius 1 is 1.10 bits per heavy atom. The van der Waals surface area contributed by atoms with Gasteiger partial charge in [-0.2, -0.15) is 0 Å². The molecule has 114 valence electrons. The first-order valence-corrected chi connectivity index (χ1v) is 6.86. The number of halogens is 1. The molecule has 0 saturated heterocycles. The molecule has 0 aliphatic heterocycles. The van der Waals surface area contributed by atoms with E-state index in [1.165, 1.54) is 6.92 Å². The minimum absolute atomic E-state index is 0.240. The van der Waals surface area contributed by atoms with Gasteiger partial charge in [-0.15, -0.1) is 0 Å². The van der Waals surface area contributed by atoms with E-state index in [-0.39, 0.29) is 24.3 Å². The Kier molecular flexibility index (Phi) is 6.68. The number of carbonyl (C=O) groups is 3. The van der Waals surface area contributed by atoms with Gasteiger partial charge in [-0.3, -0.25) is 14.4 Å². The van der Waals surface area contributed by atoms with Crippen molar-refractivity contribution in [3.05, 3.63) is 34.9 Å². The van der Waals surface area contributed by atoms with E-state index in [9.17, 15) is 14.4 Å². The van der Waals surface area contributed by atoms with Gasteiger partial charge in [0.1, 0.15) is 6.04 Å². The first-order chi connectivity index (χ1) is 9.90. The predicted molar refractivity (Wildman–Crippen MR) is 80.1 cm³/mol. The quantitative estimate of drug-likeness (QED) is 0.676. The Bertz CT molecular complexity index is 517. The van der Waals surface area contributed by atoms with Crippen LogP contribution in [-0.2, 0) is 9.59 Å².